The lowest BCUT2D eigenvalue weighted by molar-refractivity contribution is -0.156. The molecule has 114 valence electrons. The Labute approximate surface area is 124 Å². The molecule has 0 bridgehead atoms. The van der Waals surface area contributed by atoms with E-state index in [0.29, 0.717) is 6.42 Å². The molecule has 5 N–H and O–H groups in total. The van der Waals surface area contributed by atoms with Crippen LogP contribution in [0.1, 0.15) is 26.3 Å². The molecule has 0 radical (unpaired) electrons. The van der Waals surface area contributed by atoms with Crippen molar-refractivity contribution in [3.8, 4) is 0 Å². The van der Waals surface area contributed by atoms with Crippen molar-refractivity contribution >= 4 is 16.9 Å². The fraction of sp³-hybridized carbons (Fsp3) is 0.438. The van der Waals surface area contributed by atoms with Gasteiger partial charge < -0.3 is 21.2 Å². The standard InChI is InChI=1S/C16H23N3O2/c1-16(2,3)21-15(20)14(18)12(17)8-10-9-19-13-7-5-4-6-11(10)13/h4-7,9,12,14,19H,8,17-18H2,1-3H3. The molecule has 5 heteroatoms. The average molecular weight is 289 g/mol. The van der Waals surface area contributed by atoms with Gasteiger partial charge in [0.05, 0.1) is 0 Å². The van der Waals surface area contributed by atoms with Crippen LogP contribution in [0.5, 0.6) is 0 Å². The second-order valence-corrected chi connectivity index (χ2v) is 6.29. The van der Waals surface area contributed by atoms with Gasteiger partial charge in [-0.2, -0.15) is 0 Å². The molecule has 0 aliphatic rings. The molecule has 1 aromatic carbocycles. The van der Waals surface area contributed by atoms with Crippen LogP contribution < -0.4 is 11.5 Å². The molecule has 2 rings (SSSR count). The van der Waals surface area contributed by atoms with Gasteiger partial charge in [0.15, 0.2) is 0 Å². The van der Waals surface area contributed by atoms with E-state index in [1.165, 1.54) is 0 Å². The summed E-state index contributed by atoms with van der Waals surface area (Å²) in [6.45, 7) is 5.43. The number of aromatic amines is 1. The highest BCUT2D eigenvalue weighted by atomic mass is 16.6. The monoisotopic (exact) mass is 289 g/mol. The largest absolute Gasteiger partial charge is 0.459 e. The van der Waals surface area contributed by atoms with Crippen LogP contribution in [0, 0.1) is 0 Å². The van der Waals surface area contributed by atoms with Crippen LogP contribution in [0.4, 0.5) is 0 Å². The van der Waals surface area contributed by atoms with Gasteiger partial charge in [-0.25, -0.2) is 0 Å². The van der Waals surface area contributed by atoms with Crippen molar-refractivity contribution in [3.05, 3.63) is 36.0 Å². The number of benzene rings is 1. The quantitative estimate of drug-likeness (QED) is 0.747. The average Bonchev–Trinajstić information content (AvgIpc) is 2.79. The summed E-state index contributed by atoms with van der Waals surface area (Å²) in [6, 6.07) is 6.64. The maximum Gasteiger partial charge on any atom is 0.325 e. The zero-order valence-electron chi connectivity index (χ0n) is 12.7. The smallest absolute Gasteiger partial charge is 0.325 e. The van der Waals surface area contributed by atoms with E-state index in [2.05, 4.69) is 4.98 Å². The van der Waals surface area contributed by atoms with Crippen molar-refractivity contribution in [2.24, 2.45) is 11.5 Å². The van der Waals surface area contributed by atoms with Gasteiger partial charge in [0.25, 0.3) is 0 Å². The summed E-state index contributed by atoms with van der Waals surface area (Å²) in [4.78, 5) is 15.1. The topological polar surface area (TPSA) is 94.1 Å². The maximum atomic E-state index is 12.0. The SMILES string of the molecule is CC(C)(C)OC(=O)C(N)C(N)Cc1c[nH]c2ccccc12. The highest BCUT2D eigenvalue weighted by Gasteiger charge is 2.27. The predicted octanol–water partition coefficient (Wildman–Crippen LogP) is 1.71. The lowest BCUT2D eigenvalue weighted by atomic mass is 10.00. The Morgan fingerprint density at radius 2 is 1.95 bits per heavy atom. The molecule has 2 atom stereocenters. The third-order valence-corrected chi connectivity index (χ3v) is 3.27. The minimum absolute atomic E-state index is 0.463. The Kier molecular flexibility index (Phi) is 4.34. The van der Waals surface area contributed by atoms with Crippen molar-refractivity contribution < 1.29 is 9.53 Å². The zero-order chi connectivity index (χ0) is 15.6. The molecule has 21 heavy (non-hydrogen) atoms. The van der Waals surface area contributed by atoms with E-state index in [9.17, 15) is 4.79 Å². The molecule has 0 saturated carbocycles. The number of nitrogens with two attached hydrogens (primary N) is 2. The van der Waals surface area contributed by atoms with E-state index in [-0.39, 0.29) is 0 Å². The summed E-state index contributed by atoms with van der Waals surface area (Å²) in [5.41, 5.74) is 13.5. The van der Waals surface area contributed by atoms with Gasteiger partial charge >= 0.3 is 5.97 Å². The second-order valence-electron chi connectivity index (χ2n) is 6.29. The number of carbonyl (C=O) groups is 1. The van der Waals surface area contributed by atoms with Crippen molar-refractivity contribution in [2.75, 3.05) is 0 Å². The van der Waals surface area contributed by atoms with E-state index in [4.69, 9.17) is 16.2 Å². The molecule has 0 fully saturated rings. The van der Waals surface area contributed by atoms with Gasteiger partial charge in [-0.1, -0.05) is 18.2 Å². The van der Waals surface area contributed by atoms with Gasteiger partial charge in [0, 0.05) is 23.1 Å². The Hall–Kier alpha value is -1.85. The van der Waals surface area contributed by atoms with Gasteiger partial charge in [-0.3, -0.25) is 4.79 Å². The van der Waals surface area contributed by atoms with Crippen molar-refractivity contribution in [2.45, 2.75) is 44.9 Å². The number of fused-ring (bicyclic) bond motifs is 1. The van der Waals surface area contributed by atoms with E-state index in [1.54, 1.807) is 0 Å². The van der Waals surface area contributed by atoms with Crippen molar-refractivity contribution in [1.82, 2.24) is 4.98 Å². The summed E-state index contributed by atoms with van der Waals surface area (Å²) in [5, 5.41) is 1.10. The van der Waals surface area contributed by atoms with Crippen LogP contribution in [0.3, 0.4) is 0 Å². The molecule has 1 heterocycles. The van der Waals surface area contributed by atoms with Gasteiger partial charge in [0.1, 0.15) is 11.6 Å². The van der Waals surface area contributed by atoms with Gasteiger partial charge in [-0.05, 0) is 38.8 Å². The minimum Gasteiger partial charge on any atom is -0.459 e. The van der Waals surface area contributed by atoms with E-state index < -0.39 is 23.7 Å². The summed E-state index contributed by atoms with van der Waals surface area (Å²) in [7, 11) is 0. The number of ether oxygens (including phenoxy) is 1. The lowest BCUT2D eigenvalue weighted by Gasteiger charge is -2.24. The first kappa shape index (κ1) is 15.5. The van der Waals surface area contributed by atoms with Crippen molar-refractivity contribution in [1.29, 1.82) is 0 Å². The van der Waals surface area contributed by atoms with Crippen molar-refractivity contribution in [3.63, 3.8) is 0 Å². The summed E-state index contributed by atoms with van der Waals surface area (Å²) >= 11 is 0. The highest BCUT2D eigenvalue weighted by Crippen LogP contribution is 2.19. The Bertz CT molecular complexity index is 628. The molecule has 0 saturated heterocycles. The van der Waals surface area contributed by atoms with Crippen LogP contribution in [0.2, 0.25) is 0 Å². The normalized spacial score (nSPS) is 14.9. The fourth-order valence-corrected chi connectivity index (χ4v) is 2.23. The van der Waals surface area contributed by atoms with Crippen LogP contribution in [0.15, 0.2) is 30.5 Å². The molecule has 2 aromatic rings. The molecule has 0 aliphatic heterocycles. The summed E-state index contributed by atoms with van der Waals surface area (Å²) in [6.07, 6.45) is 2.43. The molecule has 0 spiro atoms. The van der Waals surface area contributed by atoms with Crippen LogP contribution in [-0.2, 0) is 16.0 Å². The van der Waals surface area contributed by atoms with Crippen LogP contribution >= 0.6 is 0 Å². The predicted molar refractivity (Wildman–Crippen MR) is 83.8 cm³/mol. The molecule has 1 aromatic heterocycles. The summed E-state index contributed by atoms with van der Waals surface area (Å²) < 4.78 is 5.28. The zero-order valence-corrected chi connectivity index (χ0v) is 12.7. The molecular formula is C16H23N3O2. The number of H-pyrrole nitrogens is 1. The van der Waals surface area contributed by atoms with E-state index in [0.717, 1.165) is 16.5 Å². The second kappa shape index (κ2) is 5.87. The fourth-order valence-electron chi connectivity index (χ4n) is 2.23. The molecular weight excluding hydrogens is 266 g/mol. The minimum atomic E-state index is -0.835. The van der Waals surface area contributed by atoms with Gasteiger partial charge in [-0.15, -0.1) is 0 Å². The van der Waals surface area contributed by atoms with Crippen LogP contribution in [-0.4, -0.2) is 28.6 Å². The number of rotatable bonds is 4. The van der Waals surface area contributed by atoms with E-state index >= 15 is 0 Å². The third-order valence-electron chi connectivity index (χ3n) is 3.27. The van der Waals surface area contributed by atoms with Gasteiger partial charge in [0.2, 0.25) is 0 Å². The number of carbonyl (C=O) groups excluding carboxylic acids is 1. The Morgan fingerprint density at radius 3 is 2.62 bits per heavy atom. The molecule has 0 aliphatic carbocycles. The summed E-state index contributed by atoms with van der Waals surface area (Å²) in [5.74, 6) is -0.463. The molecule has 2 unspecified atom stereocenters. The van der Waals surface area contributed by atoms with Crippen LogP contribution in [0.25, 0.3) is 10.9 Å². The number of nitrogens with one attached hydrogen (secondary N) is 1. The first-order valence-corrected chi connectivity index (χ1v) is 7.07. The number of hydrogen-bond acceptors (Lipinski definition) is 4. The number of para-hydroxylation sites is 1. The number of aromatic nitrogens is 1. The first-order chi connectivity index (χ1) is 9.78. The maximum absolute atomic E-state index is 12.0. The van der Waals surface area contributed by atoms with E-state index in [1.807, 2.05) is 51.2 Å². The first-order valence-electron chi connectivity index (χ1n) is 7.07. The Balaban J connectivity index is 2.07. The molecule has 0 amide bonds. The number of hydrogen-bond donors (Lipinski definition) is 3. The third kappa shape index (κ3) is 3.83. The highest BCUT2D eigenvalue weighted by molar-refractivity contribution is 5.83. The number of esters is 1. The Morgan fingerprint density at radius 1 is 1.29 bits per heavy atom. The lowest BCUT2D eigenvalue weighted by Crippen LogP contribution is -2.50. The molecule has 5 nitrogen and oxygen atoms in total.